The first-order valence-corrected chi connectivity index (χ1v) is 8.72. The number of thiophene rings is 1. The Hall–Kier alpha value is -3.00. The number of ether oxygens (including phenoxy) is 1. The number of nitrogens with zero attached hydrogens (tertiary/aromatic N) is 1. The predicted octanol–water partition coefficient (Wildman–Crippen LogP) is 1.94. The maximum absolute atomic E-state index is 12.4. The van der Waals surface area contributed by atoms with Crippen LogP contribution in [0.4, 0.5) is 0 Å². The molecule has 0 saturated carbocycles. The van der Waals surface area contributed by atoms with Crippen LogP contribution in [0.1, 0.15) is 26.6 Å². The maximum Gasteiger partial charge on any atom is 0.348 e. The average Bonchev–Trinajstić information content (AvgIpc) is 2.98. The minimum Gasteiger partial charge on any atom is -0.465 e. The van der Waals surface area contributed by atoms with Crippen LogP contribution in [0.3, 0.4) is 0 Å². The van der Waals surface area contributed by atoms with E-state index in [0.717, 1.165) is 16.9 Å². The number of amides is 1. The van der Waals surface area contributed by atoms with Crippen molar-refractivity contribution in [2.45, 2.75) is 19.9 Å². The highest BCUT2D eigenvalue weighted by molar-refractivity contribution is 7.20. The highest BCUT2D eigenvalue weighted by Crippen LogP contribution is 2.28. The lowest BCUT2D eigenvalue weighted by Gasteiger charge is -2.06. The van der Waals surface area contributed by atoms with E-state index in [1.54, 1.807) is 6.92 Å². The summed E-state index contributed by atoms with van der Waals surface area (Å²) in [6, 6.07) is 9.47. The van der Waals surface area contributed by atoms with Gasteiger partial charge < -0.3 is 15.0 Å². The first-order valence-electron chi connectivity index (χ1n) is 7.91. The van der Waals surface area contributed by atoms with Crippen LogP contribution in [-0.4, -0.2) is 29.0 Å². The zero-order chi connectivity index (χ0) is 18.7. The number of hydrogen-bond acceptors (Lipinski definition) is 6. The second-order valence-corrected chi connectivity index (χ2v) is 6.67. The number of aromatic amines is 1. The largest absolute Gasteiger partial charge is 0.465 e. The van der Waals surface area contributed by atoms with Crippen molar-refractivity contribution in [1.82, 2.24) is 15.3 Å². The molecule has 1 aromatic carbocycles. The number of esters is 1. The van der Waals surface area contributed by atoms with Crippen molar-refractivity contribution in [1.29, 1.82) is 0 Å². The first-order chi connectivity index (χ1) is 12.5. The van der Waals surface area contributed by atoms with Gasteiger partial charge in [-0.1, -0.05) is 30.3 Å². The van der Waals surface area contributed by atoms with Crippen molar-refractivity contribution in [2.75, 3.05) is 7.11 Å². The summed E-state index contributed by atoms with van der Waals surface area (Å²) in [5, 5.41) is 3.06. The van der Waals surface area contributed by atoms with E-state index in [0.29, 0.717) is 22.8 Å². The van der Waals surface area contributed by atoms with E-state index in [9.17, 15) is 14.4 Å². The van der Waals surface area contributed by atoms with Crippen molar-refractivity contribution in [3.63, 3.8) is 0 Å². The Morgan fingerprint density at radius 1 is 1.27 bits per heavy atom. The quantitative estimate of drug-likeness (QED) is 0.668. The number of hydrogen-bond donors (Lipinski definition) is 2. The number of carbonyl (C=O) groups excluding carboxylic acids is 2. The number of aryl methyl sites for hydroxylation is 1. The third-order valence-corrected chi connectivity index (χ3v) is 4.93. The topological polar surface area (TPSA) is 101 Å². The van der Waals surface area contributed by atoms with Crippen LogP contribution in [0.5, 0.6) is 0 Å². The number of rotatable bonds is 5. The summed E-state index contributed by atoms with van der Waals surface area (Å²) in [5.41, 5.74) is 0.931. The molecule has 0 radical (unpaired) electrons. The highest BCUT2D eigenvalue weighted by Gasteiger charge is 2.24. The molecule has 26 heavy (non-hydrogen) atoms. The SMILES string of the molecule is COC(=O)c1sc2nc(C)[nH]c(=O)c2c1CC(=O)NCc1ccccc1. The van der Waals surface area contributed by atoms with Gasteiger partial charge in [-0.3, -0.25) is 9.59 Å². The Bertz CT molecular complexity index is 1020. The minimum atomic E-state index is -0.587. The monoisotopic (exact) mass is 371 g/mol. The molecule has 0 unspecified atom stereocenters. The van der Waals surface area contributed by atoms with Crippen molar-refractivity contribution in [2.24, 2.45) is 0 Å². The van der Waals surface area contributed by atoms with Gasteiger partial charge in [0, 0.05) is 12.1 Å². The van der Waals surface area contributed by atoms with E-state index < -0.39 is 5.97 Å². The van der Waals surface area contributed by atoms with E-state index in [2.05, 4.69) is 15.3 Å². The molecule has 0 aliphatic carbocycles. The van der Waals surface area contributed by atoms with Crippen LogP contribution in [0, 0.1) is 6.92 Å². The Morgan fingerprint density at radius 2 is 2.00 bits per heavy atom. The normalized spacial score (nSPS) is 10.7. The molecule has 0 saturated heterocycles. The summed E-state index contributed by atoms with van der Waals surface area (Å²) in [5.74, 6) is -0.435. The zero-order valence-corrected chi connectivity index (χ0v) is 15.1. The summed E-state index contributed by atoms with van der Waals surface area (Å²) < 4.78 is 4.79. The van der Waals surface area contributed by atoms with Gasteiger partial charge in [-0.15, -0.1) is 11.3 Å². The summed E-state index contributed by atoms with van der Waals surface area (Å²) >= 11 is 1.06. The van der Waals surface area contributed by atoms with E-state index in [-0.39, 0.29) is 28.2 Å². The molecule has 0 bridgehead atoms. The van der Waals surface area contributed by atoms with Crippen LogP contribution in [-0.2, 0) is 22.5 Å². The molecule has 1 amide bonds. The number of fused-ring (bicyclic) bond motifs is 1. The molecular formula is C18H17N3O4S. The van der Waals surface area contributed by atoms with E-state index in [4.69, 9.17) is 4.74 Å². The molecule has 134 valence electrons. The lowest BCUT2D eigenvalue weighted by atomic mass is 10.1. The van der Waals surface area contributed by atoms with Gasteiger partial charge in [0.1, 0.15) is 15.5 Å². The Morgan fingerprint density at radius 3 is 2.69 bits per heavy atom. The fraction of sp³-hybridized carbons (Fsp3) is 0.222. The lowest BCUT2D eigenvalue weighted by molar-refractivity contribution is -0.120. The number of carbonyl (C=O) groups is 2. The fourth-order valence-electron chi connectivity index (χ4n) is 2.62. The third kappa shape index (κ3) is 3.65. The number of methoxy groups -OCH3 is 1. The number of H-pyrrole nitrogens is 1. The fourth-order valence-corrected chi connectivity index (χ4v) is 3.78. The smallest absolute Gasteiger partial charge is 0.348 e. The number of aromatic nitrogens is 2. The van der Waals surface area contributed by atoms with E-state index >= 15 is 0 Å². The van der Waals surface area contributed by atoms with Crippen LogP contribution in [0.15, 0.2) is 35.1 Å². The number of nitrogens with one attached hydrogen (secondary N) is 2. The average molecular weight is 371 g/mol. The summed E-state index contributed by atoms with van der Waals surface area (Å²) in [4.78, 5) is 44.3. The standard InChI is InChI=1S/C18H17N3O4S/c1-10-20-16(23)14-12(15(18(24)25-2)26-17(14)21-10)8-13(22)19-9-11-6-4-3-5-7-11/h3-7H,8-9H2,1-2H3,(H,19,22)(H,20,21,23). The molecule has 3 aromatic rings. The molecule has 0 aliphatic rings. The van der Waals surface area contributed by atoms with Crippen molar-refractivity contribution < 1.29 is 14.3 Å². The van der Waals surface area contributed by atoms with Gasteiger partial charge in [-0.2, -0.15) is 0 Å². The molecule has 0 spiro atoms. The Kier molecular flexibility index (Phi) is 5.13. The van der Waals surface area contributed by atoms with Gasteiger partial charge in [-0.25, -0.2) is 9.78 Å². The zero-order valence-electron chi connectivity index (χ0n) is 14.3. The van der Waals surface area contributed by atoms with Crippen LogP contribution in [0.2, 0.25) is 0 Å². The second kappa shape index (κ2) is 7.49. The molecule has 3 rings (SSSR count). The highest BCUT2D eigenvalue weighted by atomic mass is 32.1. The maximum atomic E-state index is 12.4. The summed E-state index contributed by atoms with van der Waals surface area (Å²) in [7, 11) is 1.26. The molecule has 2 heterocycles. The second-order valence-electron chi connectivity index (χ2n) is 5.67. The molecule has 2 N–H and O–H groups in total. The molecule has 0 aliphatic heterocycles. The minimum absolute atomic E-state index is 0.106. The predicted molar refractivity (Wildman–Crippen MR) is 98.3 cm³/mol. The van der Waals surface area contributed by atoms with Gasteiger partial charge in [0.2, 0.25) is 5.91 Å². The van der Waals surface area contributed by atoms with Crippen molar-refractivity contribution >= 4 is 33.4 Å². The molecule has 0 fully saturated rings. The van der Waals surface area contributed by atoms with E-state index in [1.807, 2.05) is 30.3 Å². The summed E-state index contributed by atoms with van der Waals surface area (Å²) in [6.45, 7) is 2.02. The van der Waals surface area contributed by atoms with Crippen LogP contribution >= 0.6 is 11.3 Å². The first kappa shape index (κ1) is 17.8. The Balaban J connectivity index is 1.91. The van der Waals surface area contributed by atoms with Gasteiger partial charge in [0.15, 0.2) is 0 Å². The molecule has 7 nitrogen and oxygen atoms in total. The molecule has 0 atom stereocenters. The summed E-state index contributed by atoms with van der Waals surface area (Å²) in [6.07, 6.45) is -0.106. The van der Waals surface area contributed by atoms with Gasteiger partial charge in [-0.05, 0) is 12.5 Å². The number of benzene rings is 1. The third-order valence-electron chi connectivity index (χ3n) is 3.82. The molecular weight excluding hydrogens is 354 g/mol. The van der Waals surface area contributed by atoms with E-state index in [1.165, 1.54) is 7.11 Å². The van der Waals surface area contributed by atoms with Crippen LogP contribution < -0.4 is 10.9 Å². The lowest BCUT2D eigenvalue weighted by Crippen LogP contribution is -2.25. The van der Waals surface area contributed by atoms with Gasteiger partial charge in [0.05, 0.1) is 18.9 Å². The molecule has 2 aromatic heterocycles. The van der Waals surface area contributed by atoms with Crippen LogP contribution in [0.25, 0.3) is 10.2 Å². The van der Waals surface area contributed by atoms with Gasteiger partial charge >= 0.3 is 5.97 Å². The Labute approximate surface area is 153 Å². The molecule has 8 heteroatoms. The van der Waals surface area contributed by atoms with Crippen molar-refractivity contribution in [3.05, 3.63) is 62.5 Å². The van der Waals surface area contributed by atoms with Crippen molar-refractivity contribution in [3.8, 4) is 0 Å². The van der Waals surface area contributed by atoms with Gasteiger partial charge in [0.25, 0.3) is 5.56 Å².